The molecule has 6 nitrogen and oxygen atoms in total. The summed E-state index contributed by atoms with van der Waals surface area (Å²) in [7, 11) is -1.17. The van der Waals surface area contributed by atoms with E-state index in [9.17, 15) is 8.42 Å². The minimum atomic E-state index is -2.90. The third kappa shape index (κ3) is 7.95. The van der Waals surface area contributed by atoms with E-state index in [1.54, 1.807) is 7.05 Å². The molecule has 0 radical (unpaired) electrons. The molecule has 1 saturated heterocycles. The average Bonchev–Trinajstić information content (AvgIpc) is 2.98. The minimum Gasteiger partial charge on any atom is -0.355 e. The van der Waals surface area contributed by atoms with Crippen molar-refractivity contribution in [2.45, 2.75) is 38.8 Å². The smallest absolute Gasteiger partial charge is 0.191 e. The number of nitrogens with zero attached hydrogens (tertiary/aromatic N) is 2. The molecule has 1 aromatic rings. The van der Waals surface area contributed by atoms with Crippen LogP contribution >= 0.6 is 24.0 Å². The van der Waals surface area contributed by atoms with Crippen LogP contribution in [-0.4, -0.2) is 69.5 Å². The molecule has 1 heterocycles. The second kappa shape index (κ2) is 11.9. The predicted octanol–water partition coefficient (Wildman–Crippen LogP) is 1.91. The van der Waals surface area contributed by atoms with Gasteiger partial charge in [-0.15, -0.1) is 24.0 Å². The van der Waals surface area contributed by atoms with E-state index >= 15 is 0 Å². The number of aliphatic imine (C=N–C) groups is 1. The molecular weight excluding hydrogens is 475 g/mol. The molecule has 2 atom stereocenters. The highest BCUT2D eigenvalue weighted by atomic mass is 127. The fourth-order valence-corrected chi connectivity index (χ4v) is 5.14. The van der Waals surface area contributed by atoms with Gasteiger partial charge in [-0.2, -0.15) is 0 Å². The number of benzene rings is 1. The Bertz CT molecular complexity index is 678. The predicted molar refractivity (Wildman–Crippen MR) is 124 cm³/mol. The topological polar surface area (TPSA) is 73.8 Å². The lowest BCUT2D eigenvalue weighted by Gasteiger charge is -2.31. The lowest BCUT2D eigenvalue weighted by Crippen LogP contribution is -2.50. The SMILES string of the molecule is CCN(CC)C(CNC(=NC)NC1CCS(=O)(=O)C1)Cc1ccccc1.I. The summed E-state index contributed by atoms with van der Waals surface area (Å²) in [4.78, 5) is 6.71. The highest BCUT2D eigenvalue weighted by Crippen LogP contribution is 2.11. The van der Waals surface area contributed by atoms with Gasteiger partial charge in [0.25, 0.3) is 0 Å². The van der Waals surface area contributed by atoms with Gasteiger partial charge in [-0.3, -0.25) is 9.89 Å². The Kier molecular flexibility index (Phi) is 10.6. The van der Waals surface area contributed by atoms with E-state index in [-0.39, 0.29) is 41.5 Å². The second-order valence-electron chi connectivity index (χ2n) is 6.76. The van der Waals surface area contributed by atoms with Gasteiger partial charge in [0.05, 0.1) is 11.5 Å². The van der Waals surface area contributed by atoms with E-state index in [0.29, 0.717) is 18.4 Å². The Morgan fingerprint density at radius 3 is 2.44 bits per heavy atom. The summed E-state index contributed by atoms with van der Waals surface area (Å²) in [5.41, 5.74) is 1.32. The summed E-state index contributed by atoms with van der Waals surface area (Å²) < 4.78 is 23.3. The number of rotatable bonds is 8. The number of hydrogen-bond donors (Lipinski definition) is 2. The first kappa shape index (κ1) is 24.2. The summed E-state index contributed by atoms with van der Waals surface area (Å²) in [5.74, 6) is 1.13. The summed E-state index contributed by atoms with van der Waals surface area (Å²) in [6, 6.07) is 10.8. The van der Waals surface area contributed by atoms with Gasteiger partial charge >= 0.3 is 0 Å². The van der Waals surface area contributed by atoms with Crippen LogP contribution in [0.3, 0.4) is 0 Å². The molecule has 0 aromatic heterocycles. The van der Waals surface area contributed by atoms with Crippen molar-refractivity contribution in [2.24, 2.45) is 4.99 Å². The van der Waals surface area contributed by atoms with Crippen molar-refractivity contribution >= 4 is 39.8 Å². The summed E-state index contributed by atoms with van der Waals surface area (Å²) in [6.07, 6.45) is 1.61. The third-order valence-electron chi connectivity index (χ3n) is 4.94. The minimum absolute atomic E-state index is 0. The second-order valence-corrected chi connectivity index (χ2v) is 8.99. The Hall–Kier alpha value is -0.870. The van der Waals surface area contributed by atoms with Crippen LogP contribution in [0.1, 0.15) is 25.8 Å². The van der Waals surface area contributed by atoms with Crippen molar-refractivity contribution in [3.63, 3.8) is 0 Å². The molecule has 1 aliphatic heterocycles. The zero-order valence-electron chi connectivity index (χ0n) is 16.5. The molecule has 27 heavy (non-hydrogen) atoms. The highest BCUT2D eigenvalue weighted by molar-refractivity contribution is 14.0. The van der Waals surface area contributed by atoms with Gasteiger partial charge < -0.3 is 10.6 Å². The Labute approximate surface area is 181 Å². The molecule has 0 spiro atoms. The van der Waals surface area contributed by atoms with Crippen molar-refractivity contribution in [3.05, 3.63) is 35.9 Å². The van der Waals surface area contributed by atoms with Crippen molar-refractivity contribution in [3.8, 4) is 0 Å². The van der Waals surface area contributed by atoms with Gasteiger partial charge in [0.2, 0.25) is 0 Å². The lowest BCUT2D eigenvalue weighted by molar-refractivity contribution is 0.215. The largest absolute Gasteiger partial charge is 0.355 e. The van der Waals surface area contributed by atoms with E-state index in [4.69, 9.17) is 0 Å². The zero-order valence-corrected chi connectivity index (χ0v) is 19.7. The van der Waals surface area contributed by atoms with E-state index in [1.807, 2.05) is 6.07 Å². The maximum atomic E-state index is 11.6. The van der Waals surface area contributed by atoms with Crippen molar-refractivity contribution in [1.29, 1.82) is 0 Å². The lowest BCUT2D eigenvalue weighted by atomic mass is 10.0. The molecule has 2 unspecified atom stereocenters. The van der Waals surface area contributed by atoms with Crippen LogP contribution < -0.4 is 10.6 Å². The van der Waals surface area contributed by atoms with Crippen LogP contribution in [0.25, 0.3) is 0 Å². The van der Waals surface area contributed by atoms with Gasteiger partial charge in [0.15, 0.2) is 15.8 Å². The molecule has 8 heteroatoms. The number of hydrogen-bond acceptors (Lipinski definition) is 4. The molecule has 1 fully saturated rings. The molecule has 0 bridgehead atoms. The summed E-state index contributed by atoms with van der Waals surface area (Å²) in [5, 5.41) is 6.65. The van der Waals surface area contributed by atoms with E-state index in [1.165, 1.54) is 5.56 Å². The normalized spacial score (nSPS) is 20.1. The van der Waals surface area contributed by atoms with Crippen LogP contribution in [0, 0.1) is 0 Å². The zero-order chi connectivity index (χ0) is 19.0. The van der Waals surface area contributed by atoms with E-state index in [2.05, 4.69) is 58.6 Å². The average molecular weight is 508 g/mol. The van der Waals surface area contributed by atoms with Crippen LogP contribution in [0.2, 0.25) is 0 Å². The molecule has 1 aliphatic rings. The van der Waals surface area contributed by atoms with Crippen LogP contribution in [-0.2, 0) is 16.3 Å². The Morgan fingerprint density at radius 1 is 1.26 bits per heavy atom. The molecule has 2 rings (SSSR count). The molecule has 0 aliphatic carbocycles. The third-order valence-corrected chi connectivity index (χ3v) is 6.71. The fourth-order valence-electron chi connectivity index (χ4n) is 3.47. The highest BCUT2D eigenvalue weighted by Gasteiger charge is 2.28. The maximum Gasteiger partial charge on any atom is 0.191 e. The van der Waals surface area contributed by atoms with Crippen molar-refractivity contribution in [1.82, 2.24) is 15.5 Å². The summed E-state index contributed by atoms with van der Waals surface area (Å²) in [6.45, 7) is 7.09. The first-order chi connectivity index (χ1) is 12.5. The summed E-state index contributed by atoms with van der Waals surface area (Å²) >= 11 is 0. The number of guanidine groups is 1. The Balaban J connectivity index is 0.00000364. The molecule has 2 N–H and O–H groups in total. The first-order valence-corrected chi connectivity index (χ1v) is 11.2. The molecule has 154 valence electrons. The van der Waals surface area contributed by atoms with Crippen LogP contribution in [0.15, 0.2) is 35.3 Å². The quantitative estimate of drug-likeness (QED) is 0.319. The molecule has 0 amide bonds. The molecule has 0 saturated carbocycles. The van der Waals surface area contributed by atoms with Gasteiger partial charge in [0.1, 0.15) is 0 Å². The Morgan fingerprint density at radius 2 is 1.93 bits per heavy atom. The number of sulfone groups is 1. The van der Waals surface area contributed by atoms with Crippen LogP contribution in [0.5, 0.6) is 0 Å². The fraction of sp³-hybridized carbons (Fsp3) is 0.632. The standard InChI is InChI=1S/C19H32N4O2S.HI/c1-4-23(5-2)18(13-16-9-7-6-8-10-16)14-21-19(20-3)22-17-11-12-26(24,25)15-17;/h6-10,17-18H,4-5,11-15H2,1-3H3,(H2,20,21,22);1H. The first-order valence-electron chi connectivity index (χ1n) is 9.43. The van der Waals surface area contributed by atoms with Gasteiger partial charge in [-0.25, -0.2) is 8.42 Å². The number of nitrogens with one attached hydrogen (secondary N) is 2. The van der Waals surface area contributed by atoms with Gasteiger partial charge in [0, 0.05) is 25.7 Å². The van der Waals surface area contributed by atoms with Gasteiger partial charge in [-0.1, -0.05) is 44.2 Å². The van der Waals surface area contributed by atoms with E-state index < -0.39 is 9.84 Å². The number of likely N-dealkylation sites (N-methyl/N-ethyl adjacent to an activating group) is 1. The van der Waals surface area contributed by atoms with Crippen LogP contribution in [0.4, 0.5) is 0 Å². The monoisotopic (exact) mass is 508 g/mol. The van der Waals surface area contributed by atoms with Gasteiger partial charge in [-0.05, 0) is 31.5 Å². The van der Waals surface area contributed by atoms with Crippen molar-refractivity contribution < 1.29 is 8.42 Å². The van der Waals surface area contributed by atoms with Crippen molar-refractivity contribution in [2.75, 3.05) is 38.2 Å². The maximum absolute atomic E-state index is 11.6. The number of halogens is 1. The molecular formula is C19H33IN4O2S. The molecule has 1 aromatic carbocycles. The van der Waals surface area contributed by atoms with E-state index in [0.717, 1.165) is 26.1 Å².